The van der Waals surface area contributed by atoms with E-state index in [9.17, 15) is 0 Å². The van der Waals surface area contributed by atoms with Crippen LogP contribution < -0.4 is 5.32 Å². The molecule has 2 heteroatoms. The number of likely N-dealkylation sites (N-methyl/N-ethyl adjacent to an activating group) is 1. The van der Waals surface area contributed by atoms with Crippen LogP contribution in [0.4, 0.5) is 0 Å². The van der Waals surface area contributed by atoms with Crippen LogP contribution in [0.25, 0.3) is 0 Å². The molecule has 1 rings (SSSR count). The summed E-state index contributed by atoms with van der Waals surface area (Å²) in [7, 11) is 3.82. The first-order chi connectivity index (χ1) is 8.60. The van der Waals surface area contributed by atoms with Crippen LogP contribution in [0.2, 0.25) is 0 Å². The van der Waals surface area contributed by atoms with Gasteiger partial charge in [-0.15, -0.1) is 0 Å². The van der Waals surface area contributed by atoms with Crippen LogP contribution in [0.1, 0.15) is 38.9 Å². The summed E-state index contributed by atoms with van der Waals surface area (Å²) in [6.45, 7) is 6.84. The van der Waals surface area contributed by atoms with Crippen molar-refractivity contribution < 1.29 is 4.74 Å². The van der Waals surface area contributed by atoms with Crippen molar-refractivity contribution in [3.8, 4) is 0 Å². The largest absolute Gasteiger partial charge is 0.375 e. The molecule has 0 aliphatic heterocycles. The van der Waals surface area contributed by atoms with Crippen LogP contribution in [-0.4, -0.2) is 20.2 Å². The lowest BCUT2D eigenvalue weighted by Gasteiger charge is -2.32. The molecule has 1 N–H and O–H groups in total. The number of nitrogens with one attached hydrogen (secondary N) is 1. The number of benzene rings is 1. The van der Waals surface area contributed by atoms with Gasteiger partial charge in [0.15, 0.2) is 0 Å². The van der Waals surface area contributed by atoms with Crippen molar-refractivity contribution in [3.05, 3.63) is 35.9 Å². The van der Waals surface area contributed by atoms with Gasteiger partial charge in [0.25, 0.3) is 0 Å². The van der Waals surface area contributed by atoms with Crippen molar-refractivity contribution in [1.82, 2.24) is 5.32 Å². The Kier molecular flexibility index (Phi) is 6.37. The van der Waals surface area contributed by atoms with Crippen molar-refractivity contribution in [1.29, 1.82) is 0 Å². The zero-order chi connectivity index (χ0) is 13.5. The molecule has 0 fully saturated rings. The van der Waals surface area contributed by atoms with E-state index in [1.54, 1.807) is 7.11 Å². The summed E-state index contributed by atoms with van der Waals surface area (Å²) >= 11 is 0. The summed E-state index contributed by atoms with van der Waals surface area (Å²) in [6.07, 6.45) is 1.32. The third-order valence-electron chi connectivity index (χ3n) is 3.50. The minimum atomic E-state index is 0.116. The lowest BCUT2D eigenvalue weighted by atomic mass is 9.86. The highest BCUT2D eigenvalue weighted by atomic mass is 16.5. The Labute approximate surface area is 112 Å². The minimum Gasteiger partial charge on any atom is -0.375 e. The van der Waals surface area contributed by atoms with Gasteiger partial charge in [0.1, 0.15) is 0 Å². The number of methoxy groups -OCH3 is 1. The molecule has 2 nitrogen and oxygen atoms in total. The molecule has 0 aromatic heterocycles. The van der Waals surface area contributed by atoms with E-state index in [0.29, 0.717) is 17.9 Å². The van der Waals surface area contributed by atoms with Crippen LogP contribution in [-0.2, 0) is 4.74 Å². The molecule has 0 radical (unpaired) electrons. The predicted octanol–water partition coefficient (Wildman–Crippen LogP) is 3.64. The van der Waals surface area contributed by atoms with Gasteiger partial charge in [-0.3, -0.25) is 0 Å². The zero-order valence-corrected chi connectivity index (χ0v) is 12.3. The van der Waals surface area contributed by atoms with E-state index in [0.717, 1.165) is 0 Å². The molecular weight excluding hydrogens is 222 g/mol. The maximum Gasteiger partial charge on any atom is 0.0976 e. The zero-order valence-electron chi connectivity index (χ0n) is 12.3. The standard InChI is InChI=1S/C16H27NO/c1-12(2)11-13(3)15(17-4)16(18-5)14-9-7-6-8-10-14/h6-10,12-13,15-17H,11H2,1-5H3. The Hall–Kier alpha value is -0.860. The van der Waals surface area contributed by atoms with Gasteiger partial charge in [-0.05, 0) is 30.9 Å². The smallest absolute Gasteiger partial charge is 0.0976 e. The second-order valence-corrected chi connectivity index (χ2v) is 5.49. The van der Waals surface area contributed by atoms with E-state index < -0.39 is 0 Å². The van der Waals surface area contributed by atoms with Crippen LogP contribution in [0.5, 0.6) is 0 Å². The average molecular weight is 249 g/mol. The van der Waals surface area contributed by atoms with Gasteiger partial charge in [-0.25, -0.2) is 0 Å². The van der Waals surface area contributed by atoms with E-state index >= 15 is 0 Å². The van der Waals surface area contributed by atoms with Crippen molar-refractivity contribution in [2.24, 2.45) is 11.8 Å². The van der Waals surface area contributed by atoms with Gasteiger partial charge in [0.05, 0.1) is 6.10 Å². The molecular formula is C16H27NO. The molecule has 0 amide bonds. The third-order valence-corrected chi connectivity index (χ3v) is 3.50. The summed E-state index contributed by atoms with van der Waals surface area (Å²) in [4.78, 5) is 0. The first-order valence-electron chi connectivity index (χ1n) is 6.85. The topological polar surface area (TPSA) is 21.3 Å². The quantitative estimate of drug-likeness (QED) is 0.796. The normalized spacial score (nSPS) is 16.6. The molecule has 0 heterocycles. The highest BCUT2D eigenvalue weighted by Crippen LogP contribution is 2.28. The van der Waals surface area contributed by atoms with Crippen molar-refractivity contribution in [3.63, 3.8) is 0 Å². The molecule has 1 aromatic carbocycles. The summed E-state index contributed by atoms with van der Waals surface area (Å²) in [6, 6.07) is 10.8. The molecule has 3 atom stereocenters. The van der Waals surface area contributed by atoms with E-state index in [4.69, 9.17) is 4.74 Å². The van der Waals surface area contributed by atoms with E-state index in [1.807, 2.05) is 13.1 Å². The average Bonchev–Trinajstić information content (AvgIpc) is 2.35. The predicted molar refractivity (Wildman–Crippen MR) is 77.7 cm³/mol. The Balaban J connectivity index is 2.84. The molecule has 0 spiro atoms. The van der Waals surface area contributed by atoms with E-state index in [-0.39, 0.29) is 6.10 Å². The van der Waals surface area contributed by atoms with Crippen LogP contribution in [0.15, 0.2) is 30.3 Å². The molecule has 0 saturated heterocycles. The molecule has 1 aromatic rings. The minimum absolute atomic E-state index is 0.116. The molecule has 3 unspecified atom stereocenters. The fraction of sp³-hybridized carbons (Fsp3) is 0.625. The van der Waals surface area contributed by atoms with Crippen molar-refractivity contribution >= 4 is 0 Å². The molecule has 0 bridgehead atoms. The number of ether oxygens (including phenoxy) is 1. The summed E-state index contributed by atoms with van der Waals surface area (Å²) in [5.74, 6) is 1.30. The summed E-state index contributed by atoms with van der Waals surface area (Å²) in [5, 5.41) is 3.43. The molecule has 102 valence electrons. The third kappa shape index (κ3) is 4.11. The lowest BCUT2D eigenvalue weighted by molar-refractivity contribution is 0.0484. The second kappa shape index (κ2) is 7.55. The van der Waals surface area contributed by atoms with Gasteiger partial charge in [0, 0.05) is 13.2 Å². The van der Waals surface area contributed by atoms with Crippen LogP contribution in [0, 0.1) is 11.8 Å². The lowest BCUT2D eigenvalue weighted by Crippen LogP contribution is -2.39. The van der Waals surface area contributed by atoms with Gasteiger partial charge in [0.2, 0.25) is 0 Å². The first-order valence-corrected chi connectivity index (χ1v) is 6.85. The molecule has 0 aliphatic carbocycles. The van der Waals surface area contributed by atoms with E-state index in [2.05, 4.69) is 50.4 Å². The van der Waals surface area contributed by atoms with Crippen molar-refractivity contribution in [2.45, 2.75) is 39.3 Å². The highest BCUT2D eigenvalue weighted by molar-refractivity contribution is 5.19. The molecule has 0 aliphatic rings. The number of hydrogen-bond donors (Lipinski definition) is 1. The fourth-order valence-electron chi connectivity index (χ4n) is 2.76. The Morgan fingerprint density at radius 1 is 1.11 bits per heavy atom. The molecule has 18 heavy (non-hydrogen) atoms. The summed E-state index contributed by atoms with van der Waals surface area (Å²) < 4.78 is 5.73. The van der Waals surface area contributed by atoms with Crippen LogP contribution in [0.3, 0.4) is 0 Å². The fourth-order valence-corrected chi connectivity index (χ4v) is 2.76. The van der Waals surface area contributed by atoms with Gasteiger partial charge < -0.3 is 10.1 Å². The first kappa shape index (κ1) is 15.2. The Morgan fingerprint density at radius 2 is 1.72 bits per heavy atom. The van der Waals surface area contributed by atoms with Gasteiger partial charge in [-0.1, -0.05) is 51.1 Å². The summed E-state index contributed by atoms with van der Waals surface area (Å²) in [5.41, 5.74) is 1.25. The Morgan fingerprint density at radius 3 is 2.17 bits per heavy atom. The second-order valence-electron chi connectivity index (χ2n) is 5.49. The SMILES string of the molecule is CNC(C(C)CC(C)C)C(OC)c1ccccc1. The van der Waals surface area contributed by atoms with Gasteiger partial charge in [-0.2, -0.15) is 0 Å². The maximum atomic E-state index is 5.73. The number of hydrogen-bond acceptors (Lipinski definition) is 2. The molecule has 0 saturated carbocycles. The monoisotopic (exact) mass is 249 g/mol. The Bertz CT molecular complexity index is 323. The maximum absolute atomic E-state index is 5.73. The van der Waals surface area contributed by atoms with Gasteiger partial charge >= 0.3 is 0 Å². The van der Waals surface area contributed by atoms with Crippen LogP contribution >= 0.6 is 0 Å². The highest BCUT2D eigenvalue weighted by Gasteiger charge is 2.27. The van der Waals surface area contributed by atoms with Crippen molar-refractivity contribution in [2.75, 3.05) is 14.2 Å². The van der Waals surface area contributed by atoms with E-state index in [1.165, 1.54) is 12.0 Å². The number of rotatable bonds is 7.